The Bertz CT molecular complexity index is 2860. The molecule has 0 bridgehead atoms. The van der Waals surface area contributed by atoms with Gasteiger partial charge in [-0.1, -0.05) is 62.4 Å². The maximum Gasteiger partial charge on any atom is 0.203 e. The summed E-state index contributed by atoms with van der Waals surface area (Å²) in [5.41, 5.74) is 5.68. The Morgan fingerprint density at radius 2 is 1.02 bits per heavy atom. The van der Waals surface area contributed by atoms with Gasteiger partial charge < -0.3 is 9.47 Å². The van der Waals surface area contributed by atoms with Gasteiger partial charge in [0.1, 0.15) is 34.6 Å². The van der Waals surface area contributed by atoms with E-state index >= 15 is 0 Å². The number of fused-ring (bicyclic) bond motifs is 6. The Hall–Kier alpha value is -7.46. The number of para-hydroxylation sites is 2. The number of benzene rings is 5. The van der Waals surface area contributed by atoms with Crippen molar-refractivity contribution >= 4 is 43.6 Å². The zero-order valence-electron chi connectivity index (χ0n) is 30.6. The zero-order valence-corrected chi connectivity index (χ0v) is 30.6. The van der Waals surface area contributed by atoms with E-state index in [0.717, 1.165) is 67.2 Å². The topological polar surface area (TPSA) is 106 Å². The Morgan fingerprint density at radius 1 is 0.536 bits per heavy atom. The summed E-state index contributed by atoms with van der Waals surface area (Å²) in [6, 6.07) is 44.9. The molecule has 0 spiro atoms. The molecule has 10 nitrogen and oxygen atoms in total. The number of hydrogen-bond acceptors (Lipinski definition) is 8. The fourth-order valence-corrected chi connectivity index (χ4v) is 7.66. The molecule has 5 heterocycles. The molecule has 1 unspecified atom stereocenters. The summed E-state index contributed by atoms with van der Waals surface area (Å²) < 4.78 is 18.2. The third-order valence-electron chi connectivity index (χ3n) is 10.4. The molecule has 270 valence electrons. The van der Waals surface area contributed by atoms with Crippen LogP contribution in [0.1, 0.15) is 31.7 Å². The van der Waals surface area contributed by atoms with E-state index in [1.54, 1.807) is 0 Å². The molecule has 0 aliphatic carbocycles. The van der Waals surface area contributed by atoms with E-state index in [2.05, 4.69) is 116 Å². The van der Waals surface area contributed by atoms with Crippen molar-refractivity contribution in [3.8, 4) is 46.0 Å². The quantitative estimate of drug-likeness (QED) is 0.144. The van der Waals surface area contributed by atoms with E-state index in [0.29, 0.717) is 34.4 Å². The molecule has 5 aromatic carbocycles. The van der Waals surface area contributed by atoms with Crippen LogP contribution in [0.5, 0.6) is 23.0 Å². The van der Waals surface area contributed by atoms with Gasteiger partial charge in [0.25, 0.3) is 0 Å². The van der Waals surface area contributed by atoms with Crippen molar-refractivity contribution in [3.05, 3.63) is 158 Å². The first-order chi connectivity index (χ1) is 27.6. The van der Waals surface area contributed by atoms with Crippen LogP contribution in [0.4, 0.5) is 0 Å². The summed E-state index contributed by atoms with van der Waals surface area (Å²) >= 11 is 0. The molecule has 10 aromatic rings. The van der Waals surface area contributed by atoms with Crippen LogP contribution in [0.25, 0.3) is 66.6 Å². The smallest absolute Gasteiger partial charge is 0.203 e. The van der Waals surface area contributed by atoms with Crippen molar-refractivity contribution in [1.29, 1.82) is 0 Å². The summed E-state index contributed by atoms with van der Waals surface area (Å²) in [6.45, 7) is 4.34. The van der Waals surface area contributed by atoms with Crippen molar-refractivity contribution in [2.45, 2.75) is 26.2 Å². The first-order valence-electron chi connectivity index (χ1n) is 18.6. The molecule has 0 saturated carbocycles. The highest BCUT2D eigenvalue weighted by Gasteiger charge is 2.23. The summed E-state index contributed by atoms with van der Waals surface area (Å²) in [5, 5.41) is 21.1. The summed E-state index contributed by atoms with van der Waals surface area (Å²) in [6.07, 6.45) is 5.79. The molecular weight excluding hydrogens is 697 g/mol. The Kier molecular flexibility index (Phi) is 8.14. The van der Waals surface area contributed by atoms with E-state index in [-0.39, 0.29) is 5.92 Å². The van der Waals surface area contributed by atoms with Gasteiger partial charge in [-0.2, -0.15) is 0 Å². The summed E-state index contributed by atoms with van der Waals surface area (Å²) in [7, 11) is 0. The predicted octanol–water partition coefficient (Wildman–Crippen LogP) is 11.0. The average molecular weight is 731 g/mol. The largest absolute Gasteiger partial charge is 0.457 e. The van der Waals surface area contributed by atoms with Crippen LogP contribution in [0.15, 0.2) is 152 Å². The minimum Gasteiger partial charge on any atom is -0.457 e. The second-order valence-corrected chi connectivity index (χ2v) is 13.7. The zero-order chi connectivity index (χ0) is 37.6. The standard InChI is InChI=1S/C46H34N8O2/c1-3-29(2)45-41(55-31-18-20-35-33-12-4-6-14-37(33)53(39(35)26-31)43-16-8-10-22-47-43)24-30(46-51-49-28-50-52-46)25-42(45)56-32-19-21-36-34-13-5-7-15-38(34)54(40(36)27-32)44-17-9-11-23-48-44/h4-29H,3H2,1-2H3. The van der Waals surface area contributed by atoms with Crippen molar-refractivity contribution < 1.29 is 9.47 Å². The van der Waals surface area contributed by atoms with Crippen LogP contribution in [0, 0.1) is 0 Å². The molecule has 1 atom stereocenters. The van der Waals surface area contributed by atoms with Gasteiger partial charge in [0.2, 0.25) is 5.82 Å². The number of hydrogen-bond donors (Lipinski definition) is 0. The Labute approximate surface area is 321 Å². The third-order valence-corrected chi connectivity index (χ3v) is 10.4. The van der Waals surface area contributed by atoms with Gasteiger partial charge in [0.05, 0.1) is 22.1 Å². The summed E-state index contributed by atoms with van der Waals surface area (Å²) in [4.78, 5) is 9.42. The molecule has 0 saturated heterocycles. The van der Waals surface area contributed by atoms with Crippen molar-refractivity contribution in [1.82, 2.24) is 39.5 Å². The van der Waals surface area contributed by atoms with Gasteiger partial charge >= 0.3 is 0 Å². The van der Waals surface area contributed by atoms with Gasteiger partial charge in [-0.05, 0) is 85.1 Å². The van der Waals surface area contributed by atoms with E-state index in [1.165, 1.54) is 6.33 Å². The lowest BCUT2D eigenvalue weighted by Gasteiger charge is -2.21. The fraction of sp³-hybridized carbons (Fsp3) is 0.0870. The first kappa shape index (κ1) is 33.1. The Balaban J connectivity index is 1.14. The second kappa shape index (κ2) is 13.7. The normalized spacial score (nSPS) is 12.1. The van der Waals surface area contributed by atoms with E-state index in [9.17, 15) is 0 Å². The molecule has 0 aliphatic heterocycles. The van der Waals surface area contributed by atoms with Crippen LogP contribution in [-0.2, 0) is 0 Å². The van der Waals surface area contributed by atoms with Crippen LogP contribution in [-0.4, -0.2) is 39.5 Å². The van der Waals surface area contributed by atoms with Crippen LogP contribution in [0.3, 0.4) is 0 Å². The minimum absolute atomic E-state index is 0.0643. The maximum atomic E-state index is 6.93. The molecule has 56 heavy (non-hydrogen) atoms. The van der Waals surface area contributed by atoms with Gasteiger partial charge in [-0.3, -0.25) is 9.13 Å². The average Bonchev–Trinajstić information content (AvgIpc) is 3.76. The highest BCUT2D eigenvalue weighted by molar-refractivity contribution is 6.10. The molecule has 5 aromatic heterocycles. The first-order valence-corrected chi connectivity index (χ1v) is 18.6. The molecule has 0 aliphatic rings. The number of aromatic nitrogens is 8. The van der Waals surface area contributed by atoms with Gasteiger partial charge in [0.15, 0.2) is 6.33 Å². The number of nitrogens with zero attached hydrogens (tertiary/aromatic N) is 8. The van der Waals surface area contributed by atoms with E-state index in [1.807, 2.05) is 73.1 Å². The predicted molar refractivity (Wildman–Crippen MR) is 219 cm³/mol. The van der Waals surface area contributed by atoms with Crippen LogP contribution >= 0.6 is 0 Å². The van der Waals surface area contributed by atoms with Crippen LogP contribution < -0.4 is 9.47 Å². The number of ether oxygens (including phenoxy) is 2. The van der Waals surface area contributed by atoms with Crippen molar-refractivity contribution in [2.75, 3.05) is 0 Å². The lowest BCUT2D eigenvalue weighted by molar-refractivity contribution is 0.441. The molecule has 0 N–H and O–H groups in total. The number of rotatable bonds is 9. The van der Waals surface area contributed by atoms with E-state index in [4.69, 9.17) is 19.4 Å². The van der Waals surface area contributed by atoms with Gasteiger partial charge in [-0.25, -0.2) is 9.97 Å². The molecule has 10 heteroatoms. The minimum atomic E-state index is 0.0643. The third kappa shape index (κ3) is 5.66. The van der Waals surface area contributed by atoms with Crippen molar-refractivity contribution in [3.63, 3.8) is 0 Å². The number of pyridine rings is 2. The SMILES string of the molecule is CCC(C)c1c(Oc2ccc3c4ccccc4n(-c4ccccn4)c3c2)cc(-c2nncnn2)cc1Oc1ccc2c3ccccc3n(-c3ccccn3)c2c1. The van der Waals surface area contributed by atoms with E-state index < -0.39 is 0 Å². The fourth-order valence-electron chi connectivity index (χ4n) is 7.66. The van der Waals surface area contributed by atoms with Gasteiger partial charge in [-0.15, -0.1) is 20.4 Å². The summed E-state index contributed by atoms with van der Waals surface area (Å²) in [5.74, 6) is 4.66. The highest BCUT2D eigenvalue weighted by atomic mass is 16.5. The lowest BCUT2D eigenvalue weighted by Crippen LogP contribution is -2.03. The van der Waals surface area contributed by atoms with Crippen LogP contribution in [0.2, 0.25) is 0 Å². The Morgan fingerprint density at radius 3 is 1.50 bits per heavy atom. The molecule has 0 radical (unpaired) electrons. The van der Waals surface area contributed by atoms with Gasteiger partial charge in [0, 0.05) is 57.2 Å². The monoisotopic (exact) mass is 730 g/mol. The van der Waals surface area contributed by atoms with Crippen molar-refractivity contribution in [2.24, 2.45) is 0 Å². The maximum absolute atomic E-state index is 6.93. The lowest BCUT2D eigenvalue weighted by atomic mass is 9.94. The highest BCUT2D eigenvalue weighted by Crippen LogP contribution is 2.45. The molecule has 0 fully saturated rings. The molecule has 0 amide bonds. The molecule has 10 rings (SSSR count). The second-order valence-electron chi connectivity index (χ2n) is 13.7. The molecular formula is C46H34N8O2.